The molecule has 0 bridgehead atoms. The maximum Gasteiger partial charge on any atom is 0.416 e. The van der Waals surface area contributed by atoms with Crippen molar-refractivity contribution >= 4 is 27.3 Å². The summed E-state index contributed by atoms with van der Waals surface area (Å²) in [7, 11) is -0.786. The van der Waals surface area contributed by atoms with Crippen LogP contribution in [0, 0.1) is 6.92 Å². The molecule has 0 aliphatic carbocycles. The fraction of sp³-hybridized carbons (Fsp3) is 0.278. The molecule has 0 atom stereocenters. The van der Waals surface area contributed by atoms with E-state index in [2.05, 4.69) is 10.6 Å². The highest BCUT2D eigenvalue weighted by Gasteiger charge is 2.30. The molecule has 152 valence electrons. The summed E-state index contributed by atoms with van der Waals surface area (Å²) in [5.74, 6) is -0.489. The molecule has 2 rings (SSSR count). The molecule has 0 aliphatic heterocycles. The third kappa shape index (κ3) is 5.23. The molecule has 2 N–H and O–H groups in total. The van der Waals surface area contributed by atoms with Gasteiger partial charge in [-0.25, -0.2) is 12.7 Å². The van der Waals surface area contributed by atoms with E-state index >= 15 is 0 Å². The SMILES string of the molecule is Cc1ccc(NCC(=O)Nc2ccc(C(F)(F)F)cc2)cc1S(=O)(=O)N(C)C. The lowest BCUT2D eigenvalue weighted by Gasteiger charge is -2.15. The molecule has 0 heterocycles. The number of hydrogen-bond acceptors (Lipinski definition) is 4. The van der Waals surface area contributed by atoms with E-state index in [1.54, 1.807) is 19.1 Å². The van der Waals surface area contributed by atoms with Crippen LogP contribution in [0.15, 0.2) is 47.4 Å². The van der Waals surface area contributed by atoms with Gasteiger partial charge in [0.25, 0.3) is 0 Å². The monoisotopic (exact) mass is 415 g/mol. The summed E-state index contributed by atoms with van der Waals surface area (Å²) < 4.78 is 63.4. The summed E-state index contributed by atoms with van der Waals surface area (Å²) in [5, 5.41) is 5.27. The molecule has 0 saturated carbocycles. The third-order valence-corrected chi connectivity index (χ3v) is 5.85. The summed E-state index contributed by atoms with van der Waals surface area (Å²) in [6.45, 7) is 1.48. The van der Waals surface area contributed by atoms with Crippen molar-refractivity contribution in [1.82, 2.24) is 4.31 Å². The Balaban J connectivity index is 2.03. The Morgan fingerprint density at radius 1 is 1.04 bits per heavy atom. The van der Waals surface area contributed by atoms with Crippen molar-refractivity contribution in [3.8, 4) is 0 Å². The molecule has 2 aromatic carbocycles. The number of aryl methyl sites for hydroxylation is 1. The second-order valence-corrected chi connectivity index (χ2v) is 8.36. The predicted octanol–water partition coefficient (Wildman–Crippen LogP) is 3.31. The molecular formula is C18H20F3N3O3S. The van der Waals surface area contributed by atoms with Crippen molar-refractivity contribution in [2.75, 3.05) is 31.3 Å². The van der Waals surface area contributed by atoms with Crippen LogP contribution in [0.2, 0.25) is 0 Å². The van der Waals surface area contributed by atoms with Gasteiger partial charge in [-0.15, -0.1) is 0 Å². The second-order valence-electron chi connectivity index (χ2n) is 6.24. The number of amides is 1. The average Bonchev–Trinajstić information content (AvgIpc) is 2.60. The smallest absolute Gasteiger partial charge is 0.376 e. The summed E-state index contributed by atoms with van der Waals surface area (Å²) in [6.07, 6.45) is -4.44. The molecule has 0 aliphatic rings. The highest BCUT2D eigenvalue weighted by Crippen LogP contribution is 2.29. The van der Waals surface area contributed by atoms with Crippen LogP contribution < -0.4 is 10.6 Å². The highest BCUT2D eigenvalue weighted by atomic mass is 32.2. The maximum atomic E-state index is 12.5. The first kappa shape index (κ1) is 21.7. The lowest BCUT2D eigenvalue weighted by atomic mass is 10.2. The van der Waals surface area contributed by atoms with E-state index < -0.39 is 27.7 Å². The van der Waals surface area contributed by atoms with Gasteiger partial charge in [-0.05, 0) is 48.9 Å². The molecule has 0 unspecified atom stereocenters. The van der Waals surface area contributed by atoms with Gasteiger partial charge in [0, 0.05) is 25.5 Å². The molecule has 28 heavy (non-hydrogen) atoms. The Morgan fingerprint density at radius 2 is 1.61 bits per heavy atom. The number of alkyl halides is 3. The fourth-order valence-electron chi connectivity index (χ4n) is 2.31. The number of rotatable bonds is 6. The molecule has 0 spiro atoms. The number of nitrogens with one attached hydrogen (secondary N) is 2. The van der Waals surface area contributed by atoms with Crippen molar-refractivity contribution in [2.45, 2.75) is 18.0 Å². The minimum atomic E-state index is -4.44. The number of sulfonamides is 1. The van der Waals surface area contributed by atoms with Gasteiger partial charge in [0.1, 0.15) is 0 Å². The molecular weight excluding hydrogens is 395 g/mol. The minimum Gasteiger partial charge on any atom is -0.376 e. The van der Waals surface area contributed by atoms with Gasteiger partial charge in [-0.1, -0.05) is 6.07 Å². The first-order chi connectivity index (χ1) is 12.9. The van der Waals surface area contributed by atoms with E-state index in [1.165, 1.54) is 20.2 Å². The van der Waals surface area contributed by atoms with Gasteiger partial charge in [0.05, 0.1) is 17.0 Å². The Hall–Kier alpha value is -2.59. The molecule has 0 radical (unpaired) electrons. The predicted molar refractivity (Wildman–Crippen MR) is 101 cm³/mol. The number of benzene rings is 2. The van der Waals surface area contributed by atoms with E-state index in [9.17, 15) is 26.4 Å². The summed E-state index contributed by atoms with van der Waals surface area (Å²) >= 11 is 0. The third-order valence-electron chi connectivity index (χ3n) is 3.90. The van der Waals surface area contributed by atoms with E-state index in [0.717, 1.165) is 28.6 Å². The zero-order valence-electron chi connectivity index (χ0n) is 15.5. The van der Waals surface area contributed by atoms with Crippen molar-refractivity contribution in [1.29, 1.82) is 0 Å². The van der Waals surface area contributed by atoms with Crippen LogP contribution in [0.5, 0.6) is 0 Å². The zero-order chi connectivity index (χ0) is 21.1. The Bertz CT molecular complexity index is 956. The van der Waals surface area contributed by atoms with Crippen LogP contribution in [0.1, 0.15) is 11.1 Å². The zero-order valence-corrected chi connectivity index (χ0v) is 16.3. The molecule has 0 aromatic heterocycles. The van der Waals surface area contributed by atoms with Crippen LogP contribution in [0.3, 0.4) is 0 Å². The van der Waals surface area contributed by atoms with Crippen molar-refractivity contribution in [2.24, 2.45) is 0 Å². The van der Waals surface area contributed by atoms with Crippen LogP contribution in [0.25, 0.3) is 0 Å². The van der Waals surface area contributed by atoms with Gasteiger partial charge in [-0.3, -0.25) is 4.79 Å². The van der Waals surface area contributed by atoms with Gasteiger partial charge < -0.3 is 10.6 Å². The van der Waals surface area contributed by atoms with Gasteiger partial charge in [0.2, 0.25) is 15.9 Å². The Labute approximate surface area is 161 Å². The second kappa shape index (κ2) is 8.19. The van der Waals surface area contributed by atoms with E-state index in [-0.39, 0.29) is 17.1 Å². The molecule has 10 heteroatoms. The Kier molecular flexibility index (Phi) is 6.35. The Morgan fingerprint density at radius 3 is 2.14 bits per heavy atom. The number of hydrogen-bond donors (Lipinski definition) is 2. The topological polar surface area (TPSA) is 78.5 Å². The summed E-state index contributed by atoms with van der Waals surface area (Å²) in [6, 6.07) is 8.75. The standard InChI is InChI=1S/C18H20F3N3O3S/c1-12-4-7-15(10-16(12)28(26,27)24(2)3)22-11-17(25)23-14-8-5-13(6-9-14)18(19,20)21/h4-10,22H,11H2,1-3H3,(H,23,25). The molecule has 0 fully saturated rings. The molecule has 6 nitrogen and oxygen atoms in total. The van der Waals surface area contributed by atoms with Gasteiger partial charge in [0.15, 0.2) is 0 Å². The van der Waals surface area contributed by atoms with E-state index in [0.29, 0.717) is 11.3 Å². The largest absolute Gasteiger partial charge is 0.416 e. The quantitative estimate of drug-likeness (QED) is 0.759. The highest BCUT2D eigenvalue weighted by molar-refractivity contribution is 7.89. The number of carbonyl (C=O) groups is 1. The lowest BCUT2D eigenvalue weighted by Crippen LogP contribution is -2.24. The lowest BCUT2D eigenvalue weighted by molar-refractivity contribution is -0.137. The molecule has 2 aromatic rings. The first-order valence-electron chi connectivity index (χ1n) is 8.15. The summed E-state index contributed by atoms with van der Waals surface area (Å²) in [5.41, 5.74) is 0.402. The van der Waals surface area contributed by atoms with Gasteiger partial charge >= 0.3 is 6.18 Å². The number of halogens is 3. The minimum absolute atomic E-state index is 0.116. The number of nitrogens with zero attached hydrogens (tertiary/aromatic N) is 1. The van der Waals surface area contributed by atoms with Crippen LogP contribution in [0.4, 0.5) is 24.5 Å². The average molecular weight is 415 g/mol. The van der Waals surface area contributed by atoms with Crippen LogP contribution in [-0.4, -0.2) is 39.3 Å². The van der Waals surface area contributed by atoms with Gasteiger partial charge in [-0.2, -0.15) is 13.2 Å². The fourth-order valence-corrected chi connectivity index (χ4v) is 3.46. The van der Waals surface area contributed by atoms with Crippen molar-refractivity contribution < 1.29 is 26.4 Å². The van der Waals surface area contributed by atoms with E-state index in [1.807, 2.05) is 0 Å². The first-order valence-corrected chi connectivity index (χ1v) is 9.59. The van der Waals surface area contributed by atoms with Crippen molar-refractivity contribution in [3.63, 3.8) is 0 Å². The van der Waals surface area contributed by atoms with Crippen LogP contribution >= 0.6 is 0 Å². The summed E-state index contributed by atoms with van der Waals surface area (Å²) in [4.78, 5) is 12.1. The number of anilines is 2. The van der Waals surface area contributed by atoms with Crippen molar-refractivity contribution in [3.05, 3.63) is 53.6 Å². The normalized spacial score (nSPS) is 12.1. The van der Waals surface area contributed by atoms with E-state index in [4.69, 9.17) is 0 Å². The molecule has 0 saturated heterocycles. The molecule has 1 amide bonds. The van der Waals surface area contributed by atoms with Crippen LogP contribution in [-0.2, 0) is 21.0 Å². The maximum absolute atomic E-state index is 12.5. The number of carbonyl (C=O) groups excluding carboxylic acids is 1.